The Hall–Kier alpha value is -7.08. The molecule has 0 atom stereocenters. The second-order valence-corrected chi connectivity index (χ2v) is 17.4. The third kappa shape index (κ3) is 6.02. The number of hydrogen-bond acceptors (Lipinski definition) is 5. The summed E-state index contributed by atoms with van der Waals surface area (Å²) in [6.45, 7) is 7.80. The van der Waals surface area contributed by atoms with Gasteiger partial charge in [-0.05, 0) is 124 Å². The second kappa shape index (κ2) is 15.3. The summed E-state index contributed by atoms with van der Waals surface area (Å²) in [5.41, 5.74) is 1.35. The van der Waals surface area contributed by atoms with Gasteiger partial charge in [0.1, 0.15) is 11.5 Å². The molecule has 0 aromatic heterocycles. The first-order chi connectivity index (χ1) is 31.2. The highest BCUT2D eigenvalue weighted by molar-refractivity contribution is 6.35. The van der Waals surface area contributed by atoms with Crippen LogP contribution in [-0.2, 0) is 23.7 Å². The number of hydrogen-bond donors (Lipinski definition) is 2. The zero-order valence-corrected chi connectivity index (χ0v) is 36.8. The van der Waals surface area contributed by atoms with E-state index in [1.165, 1.54) is 0 Å². The maximum absolute atomic E-state index is 15.5. The van der Waals surface area contributed by atoms with Crippen LogP contribution >= 0.6 is 0 Å². The van der Waals surface area contributed by atoms with Gasteiger partial charge in [0.25, 0.3) is 11.8 Å². The number of fused-ring (bicyclic) bond motifs is 5. The Kier molecular flexibility index (Phi) is 10.2. The van der Waals surface area contributed by atoms with Gasteiger partial charge in [0.15, 0.2) is 0 Å². The lowest BCUT2D eigenvalue weighted by molar-refractivity contribution is -0.288. The average Bonchev–Trinajstić information content (AvgIpc) is 3.70. The molecular formula is C54H44F6N2O4. The number of carbonyl (C=O) groups excluding carboxylic acids is 2. The third-order valence-electron chi connectivity index (χ3n) is 13.6. The van der Waals surface area contributed by atoms with Gasteiger partial charge in [-0.15, -0.1) is 0 Å². The molecule has 0 saturated heterocycles. The summed E-state index contributed by atoms with van der Waals surface area (Å²) < 4.78 is 92.8. The van der Waals surface area contributed by atoms with Gasteiger partial charge in [0.05, 0.1) is 22.2 Å². The summed E-state index contributed by atoms with van der Waals surface area (Å²) in [5.74, 6) is -3.09. The first kappa shape index (κ1) is 44.1. The molecule has 2 amide bonds. The quantitative estimate of drug-likeness (QED) is 0.0902. The Morgan fingerprint density at radius 1 is 0.561 bits per heavy atom. The van der Waals surface area contributed by atoms with Gasteiger partial charge in [0.2, 0.25) is 5.41 Å². The van der Waals surface area contributed by atoms with Crippen molar-refractivity contribution in [1.82, 2.24) is 0 Å². The normalized spacial score (nSPS) is 14.5. The number of halogens is 6. The van der Waals surface area contributed by atoms with Crippen LogP contribution in [0.1, 0.15) is 90.2 Å². The largest absolute Gasteiger partial charge is 0.507 e. The van der Waals surface area contributed by atoms with Crippen LogP contribution in [0.5, 0.6) is 11.5 Å². The summed E-state index contributed by atoms with van der Waals surface area (Å²) in [5, 5.41) is 20.2. The van der Waals surface area contributed by atoms with Gasteiger partial charge in [0, 0.05) is 30.6 Å². The third-order valence-corrected chi connectivity index (χ3v) is 13.6. The van der Waals surface area contributed by atoms with Crippen LogP contribution in [0.4, 0.5) is 37.7 Å². The number of imide groups is 1. The molecule has 0 spiro atoms. The SMILES string of the molecule is CCc1cc(C2(c3cc(C)c(N4C(=O)c5ccc(C(c6ccc7c(O)ccc(O)c7c6)(C(F)(F)F)C(F)(F)F)cc5C4=O)c(CC)c3)c3ccccc3-c3ccccc32)cc(C)c1N(C)C. The molecule has 2 aliphatic rings. The van der Waals surface area contributed by atoms with E-state index < -0.39 is 68.6 Å². The number of phenolic OH excluding ortho intramolecular Hbond substituents is 2. The molecule has 2 N–H and O–H groups in total. The van der Waals surface area contributed by atoms with Crippen LogP contribution in [0.2, 0.25) is 0 Å². The van der Waals surface area contributed by atoms with Crippen molar-refractivity contribution < 1.29 is 46.1 Å². The summed E-state index contributed by atoms with van der Waals surface area (Å²) in [6.07, 6.45) is -11.0. The molecule has 0 radical (unpaired) electrons. The first-order valence-corrected chi connectivity index (χ1v) is 21.5. The van der Waals surface area contributed by atoms with Crippen molar-refractivity contribution >= 4 is 34.0 Å². The highest BCUT2D eigenvalue weighted by Crippen LogP contribution is 2.59. The number of rotatable bonds is 8. The van der Waals surface area contributed by atoms with E-state index in [2.05, 4.69) is 55.1 Å². The van der Waals surface area contributed by atoms with Gasteiger partial charge in [-0.25, -0.2) is 4.90 Å². The number of aryl methyl sites for hydroxylation is 4. The maximum Gasteiger partial charge on any atom is 0.411 e. The average molecular weight is 899 g/mol. The molecule has 1 heterocycles. The summed E-state index contributed by atoms with van der Waals surface area (Å²) in [7, 11) is 4.03. The Balaban J connectivity index is 1.23. The fourth-order valence-electron chi connectivity index (χ4n) is 10.9. The second-order valence-electron chi connectivity index (χ2n) is 17.4. The monoisotopic (exact) mass is 898 g/mol. The molecule has 1 aliphatic heterocycles. The van der Waals surface area contributed by atoms with Crippen molar-refractivity contribution in [3.63, 3.8) is 0 Å². The number of carbonyl (C=O) groups is 2. The minimum absolute atomic E-state index is 0.175. The van der Waals surface area contributed by atoms with E-state index in [1.54, 1.807) is 6.92 Å². The van der Waals surface area contributed by atoms with E-state index in [-0.39, 0.29) is 16.6 Å². The molecule has 1 aliphatic carbocycles. The first-order valence-electron chi connectivity index (χ1n) is 21.5. The highest BCUT2D eigenvalue weighted by Gasteiger charge is 2.73. The minimum atomic E-state index is -6.05. The molecule has 6 nitrogen and oxygen atoms in total. The van der Waals surface area contributed by atoms with Gasteiger partial charge >= 0.3 is 12.4 Å². The fourth-order valence-corrected chi connectivity index (χ4v) is 10.9. The smallest absolute Gasteiger partial charge is 0.411 e. The van der Waals surface area contributed by atoms with E-state index in [1.807, 2.05) is 57.4 Å². The predicted molar refractivity (Wildman–Crippen MR) is 244 cm³/mol. The molecule has 12 heteroatoms. The molecule has 7 aromatic carbocycles. The fraction of sp³-hybridized carbons (Fsp3) is 0.222. The van der Waals surface area contributed by atoms with Crippen molar-refractivity contribution in [3.05, 3.63) is 188 Å². The number of alkyl halides is 6. The highest BCUT2D eigenvalue weighted by atomic mass is 19.4. The van der Waals surface area contributed by atoms with Crippen LogP contribution in [0, 0.1) is 13.8 Å². The lowest BCUT2D eigenvalue weighted by Crippen LogP contribution is -2.54. The van der Waals surface area contributed by atoms with Gasteiger partial charge in [-0.1, -0.05) is 105 Å². The Morgan fingerprint density at radius 2 is 1.06 bits per heavy atom. The number of aromatic hydroxyl groups is 2. The molecular weight excluding hydrogens is 855 g/mol. The van der Waals surface area contributed by atoms with Crippen LogP contribution < -0.4 is 9.80 Å². The van der Waals surface area contributed by atoms with Crippen LogP contribution in [0.25, 0.3) is 21.9 Å². The number of phenols is 2. The minimum Gasteiger partial charge on any atom is -0.507 e. The Bertz CT molecular complexity index is 3130. The molecule has 0 bridgehead atoms. The summed E-state index contributed by atoms with van der Waals surface area (Å²) in [4.78, 5) is 32.0. The topological polar surface area (TPSA) is 81.1 Å². The number of benzene rings is 7. The van der Waals surface area contributed by atoms with Crippen molar-refractivity contribution in [2.45, 2.75) is 63.7 Å². The molecule has 0 fully saturated rings. The molecule has 66 heavy (non-hydrogen) atoms. The van der Waals surface area contributed by atoms with Crippen LogP contribution in [-0.4, -0.2) is 48.5 Å². The molecule has 336 valence electrons. The summed E-state index contributed by atoms with van der Waals surface area (Å²) in [6, 6.07) is 30.6. The standard InChI is InChI=1S/C54H44F6N2O4/c1-7-31-25-35(23-29(3)47(31)61(5)6)51(43-15-11-9-13-37(43)38-14-10-12-16-44(38)51)36-24-30(4)48(32(8-2)26-36)62-49(65)40-20-18-34(28-42(40)50(62)66)52(53(55,56)57,54(58,59)60)33-17-19-39-41(27-33)46(64)22-21-45(39)63/h9-28,63-64H,7-8H2,1-6H3. The molecule has 0 unspecified atom stereocenters. The van der Waals surface area contributed by atoms with Gasteiger partial charge in [-0.3, -0.25) is 9.59 Å². The summed E-state index contributed by atoms with van der Waals surface area (Å²) >= 11 is 0. The Morgan fingerprint density at radius 3 is 1.62 bits per heavy atom. The van der Waals surface area contributed by atoms with E-state index in [0.29, 0.717) is 41.8 Å². The number of anilines is 2. The lowest BCUT2D eigenvalue weighted by atomic mass is 9.66. The predicted octanol–water partition coefficient (Wildman–Crippen LogP) is 12.6. The number of amides is 2. The zero-order chi connectivity index (χ0) is 47.4. The van der Waals surface area contributed by atoms with Crippen molar-refractivity contribution in [2.75, 3.05) is 23.9 Å². The molecule has 9 rings (SSSR count). The van der Waals surface area contributed by atoms with E-state index in [0.717, 1.165) is 85.8 Å². The van der Waals surface area contributed by atoms with Gasteiger partial charge in [-0.2, -0.15) is 26.3 Å². The van der Waals surface area contributed by atoms with Gasteiger partial charge < -0.3 is 15.1 Å². The Labute approximate surface area is 377 Å². The van der Waals surface area contributed by atoms with Crippen molar-refractivity contribution in [3.8, 4) is 22.6 Å². The van der Waals surface area contributed by atoms with E-state index in [9.17, 15) is 19.8 Å². The lowest BCUT2D eigenvalue weighted by Gasteiger charge is -2.38. The van der Waals surface area contributed by atoms with E-state index >= 15 is 26.3 Å². The van der Waals surface area contributed by atoms with Crippen LogP contribution in [0.15, 0.2) is 121 Å². The van der Waals surface area contributed by atoms with E-state index in [4.69, 9.17) is 0 Å². The molecule has 0 saturated carbocycles. The molecule has 7 aromatic rings. The number of nitrogens with zero attached hydrogens (tertiary/aromatic N) is 2. The van der Waals surface area contributed by atoms with Crippen LogP contribution in [0.3, 0.4) is 0 Å². The van der Waals surface area contributed by atoms with Crippen molar-refractivity contribution in [2.24, 2.45) is 0 Å². The zero-order valence-electron chi connectivity index (χ0n) is 36.8. The van der Waals surface area contributed by atoms with Crippen molar-refractivity contribution in [1.29, 1.82) is 0 Å². The maximum atomic E-state index is 15.5.